The molecule has 1 saturated heterocycles. The van der Waals surface area contributed by atoms with E-state index in [1.165, 1.54) is 11.8 Å². The van der Waals surface area contributed by atoms with Gasteiger partial charge in [0.2, 0.25) is 0 Å². The molecule has 4 rings (SSSR count). The maximum Gasteiger partial charge on any atom is 0.266 e. The number of aromatic nitrogens is 1. The highest BCUT2D eigenvalue weighted by Gasteiger charge is 2.33. The normalized spacial score (nSPS) is 16.4. The Kier molecular flexibility index (Phi) is 7.53. The summed E-state index contributed by atoms with van der Waals surface area (Å²) in [5, 5.41) is 0.704. The molecule has 33 heavy (non-hydrogen) atoms. The molecule has 5 nitrogen and oxygen atoms in total. The first-order chi connectivity index (χ1) is 16.0. The number of halogens is 1. The van der Waals surface area contributed by atoms with Gasteiger partial charge < -0.3 is 9.30 Å². The van der Waals surface area contributed by atoms with Crippen LogP contribution in [-0.2, 0) is 9.53 Å². The van der Waals surface area contributed by atoms with Gasteiger partial charge in [-0.05, 0) is 86.1 Å². The fraction of sp³-hybridized carbons (Fsp3) is 0.231. The van der Waals surface area contributed by atoms with Gasteiger partial charge in [-0.1, -0.05) is 34.1 Å². The second-order valence-electron chi connectivity index (χ2n) is 7.78. The van der Waals surface area contributed by atoms with Crippen LogP contribution in [0.15, 0.2) is 75.0 Å². The van der Waals surface area contributed by atoms with Crippen molar-refractivity contribution in [3.05, 3.63) is 87.0 Å². The quantitative estimate of drug-likeness (QED) is 0.262. The van der Waals surface area contributed by atoms with Crippen molar-refractivity contribution in [2.75, 3.05) is 20.3 Å². The monoisotopic (exact) mass is 523 g/mol. The first-order valence-electron chi connectivity index (χ1n) is 10.8. The Morgan fingerprint density at radius 1 is 1.09 bits per heavy atom. The van der Waals surface area contributed by atoms with Crippen LogP contribution in [0, 0.1) is 13.8 Å². The number of ether oxygens (including phenoxy) is 1. The van der Waals surface area contributed by atoms with Gasteiger partial charge in [-0.15, -0.1) is 0 Å². The minimum atomic E-state index is -0.0146. The van der Waals surface area contributed by atoms with Gasteiger partial charge in [0.15, 0.2) is 5.17 Å². The molecule has 0 atom stereocenters. The lowest BCUT2D eigenvalue weighted by Crippen LogP contribution is -2.30. The lowest BCUT2D eigenvalue weighted by Gasteiger charge is -2.15. The third-order valence-electron chi connectivity index (χ3n) is 5.44. The van der Waals surface area contributed by atoms with Crippen LogP contribution in [0.3, 0.4) is 0 Å². The number of thioether (sulfide) groups is 1. The van der Waals surface area contributed by atoms with Crippen LogP contribution in [0.4, 0.5) is 5.69 Å². The molecule has 1 fully saturated rings. The van der Waals surface area contributed by atoms with E-state index in [1.54, 1.807) is 12.0 Å². The Hall–Kier alpha value is -2.61. The third kappa shape index (κ3) is 5.32. The number of carbonyl (C=O) groups is 1. The first kappa shape index (κ1) is 23.5. The molecule has 170 valence electrons. The lowest BCUT2D eigenvalue weighted by molar-refractivity contribution is -0.122. The average Bonchev–Trinajstić information content (AvgIpc) is 3.25. The number of amides is 1. The molecular weight excluding hydrogens is 498 g/mol. The average molecular weight is 524 g/mol. The Morgan fingerprint density at radius 2 is 1.82 bits per heavy atom. The predicted molar refractivity (Wildman–Crippen MR) is 140 cm³/mol. The summed E-state index contributed by atoms with van der Waals surface area (Å²) in [5.41, 5.74) is 5.17. The van der Waals surface area contributed by atoms with Gasteiger partial charge in [0, 0.05) is 41.8 Å². The van der Waals surface area contributed by atoms with Gasteiger partial charge in [0.1, 0.15) is 0 Å². The number of aryl methyl sites for hydroxylation is 1. The van der Waals surface area contributed by atoms with E-state index in [2.05, 4.69) is 52.5 Å². The minimum absolute atomic E-state index is 0.0146. The zero-order chi connectivity index (χ0) is 23.4. The minimum Gasteiger partial charge on any atom is -0.385 e. The van der Waals surface area contributed by atoms with Crippen LogP contribution < -0.4 is 0 Å². The second kappa shape index (κ2) is 10.5. The standard InChI is InChI=1S/C26H26BrN3O2S/c1-18-16-20(19(2)30(18)23-12-10-21(27)11-13-23)17-24-25(31)29(14-7-15-32-3)26(33-24)28-22-8-5-4-6-9-22/h4-6,8-13,16-17H,7,14-15H2,1-3H3/b24-17+,28-26?. The van der Waals surface area contributed by atoms with Gasteiger partial charge in [0.25, 0.3) is 5.91 Å². The lowest BCUT2D eigenvalue weighted by atomic mass is 10.2. The Labute approximate surface area is 207 Å². The first-order valence-corrected chi connectivity index (χ1v) is 12.4. The number of carbonyl (C=O) groups excluding carboxylic acids is 1. The summed E-state index contributed by atoms with van der Waals surface area (Å²) in [6, 6.07) is 20.1. The van der Waals surface area contributed by atoms with Gasteiger partial charge in [0.05, 0.1) is 10.6 Å². The van der Waals surface area contributed by atoms with E-state index in [4.69, 9.17) is 9.73 Å². The van der Waals surface area contributed by atoms with Crippen molar-refractivity contribution in [1.29, 1.82) is 0 Å². The molecule has 3 aromatic rings. The molecule has 0 N–H and O–H groups in total. The van der Waals surface area contributed by atoms with E-state index < -0.39 is 0 Å². The molecule has 1 aromatic heterocycles. The summed E-state index contributed by atoms with van der Waals surface area (Å²) in [6.07, 6.45) is 2.74. The van der Waals surface area contributed by atoms with Crippen molar-refractivity contribution in [2.24, 2.45) is 4.99 Å². The molecule has 0 saturated carbocycles. The number of para-hydroxylation sites is 1. The number of amidine groups is 1. The van der Waals surface area contributed by atoms with Crippen molar-refractivity contribution in [3.8, 4) is 5.69 Å². The number of aliphatic imine (C=N–C) groups is 1. The smallest absolute Gasteiger partial charge is 0.266 e. The SMILES string of the molecule is COCCCN1C(=O)/C(=C\c2cc(C)n(-c3ccc(Br)cc3)c2C)SC1=Nc1ccccc1. The van der Waals surface area contributed by atoms with E-state index in [0.717, 1.165) is 39.2 Å². The van der Waals surface area contributed by atoms with Crippen LogP contribution in [-0.4, -0.2) is 40.8 Å². The fourth-order valence-electron chi connectivity index (χ4n) is 3.83. The van der Waals surface area contributed by atoms with Crippen LogP contribution in [0.1, 0.15) is 23.4 Å². The molecule has 0 radical (unpaired) electrons. The van der Waals surface area contributed by atoms with Crippen molar-refractivity contribution in [2.45, 2.75) is 20.3 Å². The molecule has 0 spiro atoms. The molecule has 1 aliphatic heterocycles. The van der Waals surface area contributed by atoms with Gasteiger partial charge in [-0.3, -0.25) is 9.69 Å². The van der Waals surface area contributed by atoms with Crippen LogP contribution in [0.25, 0.3) is 11.8 Å². The highest BCUT2D eigenvalue weighted by Crippen LogP contribution is 2.35. The van der Waals surface area contributed by atoms with Crippen LogP contribution >= 0.6 is 27.7 Å². The molecule has 1 aliphatic rings. The number of rotatable bonds is 7. The maximum absolute atomic E-state index is 13.3. The van der Waals surface area contributed by atoms with Crippen LogP contribution in [0.5, 0.6) is 0 Å². The number of hydrogen-bond donors (Lipinski definition) is 0. The Bertz CT molecular complexity index is 1200. The van der Waals surface area contributed by atoms with E-state index >= 15 is 0 Å². The number of hydrogen-bond acceptors (Lipinski definition) is 4. The van der Waals surface area contributed by atoms with Crippen molar-refractivity contribution < 1.29 is 9.53 Å². The number of benzene rings is 2. The Morgan fingerprint density at radius 3 is 2.52 bits per heavy atom. The highest BCUT2D eigenvalue weighted by molar-refractivity contribution is 9.10. The Balaban J connectivity index is 1.68. The number of methoxy groups -OCH3 is 1. The molecule has 0 bridgehead atoms. The largest absolute Gasteiger partial charge is 0.385 e. The highest BCUT2D eigenvalue weighted by atomic mass is 79.9. The van der Waals surface area contributed by atoms with Crippen molar-refractivity contribution in [1.82, 2.24) is 9.47 Å². The van der Waals surface area contributed by atoms with Gasteiger partial charge in [-0.25, -0.2) is 4.99 Å². The summed E-state index contributed by atoms with van der Waals surface area (Å²) in [4.78, 5) is 20.5. The predicted octanol–water partition coefficient (Wildman–Crippen LogP) is 6.50. The number of nitrogens with zero attached hydrogens (tertiary/aromatic N) is 3. The summed E-state index contributed by atoms with van der Waals surface area (Å²) in [6.45, 7) is 5.34. The summed E-state index contributed by atoms with van der Waals surface area (Å²) < 4.78 is 8.44. The molecule has 2 aromatic carbocycles. The van der Waals surface area contributed by atoms with Gasteiger partial charge in [-0.2, -0.15) is 0 Å². The second-order valence-corrected chi connectivity index (χ2v) is 9.71. The topological polar surface area (TPSA) is 46.8 Å². The van der Waals surface area contributed by atoms with E-state index in [9.17, 15) is 4.79 Å². The molecular formula is C26H26BrN3O2S. The molecule has 2 heterocycles. The summed E-state index contributed by atoms with van der Waals surface area (Å²) in [5.74, 6) is -0.0146. The van der Waals surface area contributed by atoms with Crippen molar-refractivity contribution >= 4 is 50.5 Å². The van der Waals surface area contributed by atoms with Crippen molar-refractivity contribution in [3.63, 3.8) is 0 Å². The molecule has 7 heteroatoms. The fourth-order valence-corrected chi connectivity index (χ4v) is 5.11. The summed E-state index contributed by atoms with van der Waals surface area (Å²) in [7, 11) is 1.67. The maximum atomic E-state index is 13.3. The molecule has 0 aliphatic carbocycles. The molecule has 0 unspecified atom stereocenters. The summed E-state index contributed by atoms with van der Waals surface area (Å²) >= 11 is 4.93. The van der Waals surface area contributed by atoms with Crippen LogP contribution in [0.2, 0.25) is 0 Å². The zero-order valence-electron chi connectivity index (χ0n) is 18.9. The van der Waals surface area contributed by atoms with E-state index in [-0.39, 0.29) is 5.91 Å². The van der Waals surface area contributed by atoms with Gasteiger partial charge >= 0.3 is 0 Å². The molecule has 1 amide bonds. The van der Waals surface area contributed by atoms with E-state index in [0.29, 0.717) is 23.2 Å². The third-order valence-corrected chi connectivity index (χ3v) is 6.98. The zero-order valence-corrected chi connectivity index (χ0v) is 21.3. The van der Waals surface area contributed by atoms with E-state index in [1.807, 2.05) is 48.5 Å².